The summed E-state index contributed by atoms with van der Waals surface area (Å²) in [6, 6.07) is 6.72. The molecule has 1 amide bonds. The summed E-state index contributed by atoms with van der Waals surface area (Å²) < 4.78 is 32.2. The van der Waals surface area contributed by atoms with E-state index >= 15 is 0 Å². The van der Waals surface area contributed by atoms with Gasteiger partial charge in [0.15, 0.2) is 0 Å². The Balaban J connectivity index is 1.54. The minimum Gasteiger partial charge on any atom is -0.490 e. The first-order chi connectivity index (χ1) is 12.9. The van der Waals surface area contributed by atoms with E-state index in [1.54, 1.807) is 23.2 Å². The maximum absolute atomic E-state index is 13.3. The lowest BCUT2D eigenvalue weighted by atomic mass is 9.92. The molecule has 1 aromatic carbocycles. The van der Waals surface area contributed by atoms with Crippen molar-refractivity contribution in [3.05, 3.63) is 53.7 Å². The Kier molecular flexibility index (Phi) is 5.88. The number of carbonyl (C=O) groups excluding carboxylic acids is 1. The van der Waals surface area contributed by atoms with Gasteiger partial charge in [-0.3, -0.25) is 4.79 Å². The molecule has 5 nitrogen and oxygen atoms in total. The number of pyridine rings is 1. The Bertz CT molecular complexity index is 785. The normalized spacial score (nSPS) is 19.4. The molecular weight excluding hydrogens is 352 g/mol. The molecule has 1 aliphatic rings. The number of halogens is 2. The molecule has 7 heteroatoms. The molecular formula is C20H23F2N3O2. The van der Waals surface area contributed by atoms with Crippen LogP contribution in [-0.4, -0.2) is 37.1 Å². The first kappa shape index (κ1) is 19.1. The van der Waals surface area contributed by atoms with Crippen molar-refractivity contribution < 1.29 is 18.3 Å². The van der Waals surface area contributed by atoms with Gasteiger partial charge in [0.1, 0.15) is 23.2 Å². The molecule has 1 fully saturated rings. The second kappa shape index (κ2) is 8.33. The van der Waals surface area contributed by atoms with Gasteiger partial charge in [-0.05, 0) is 37.8 Å². The van der Waals surface area contributed by atoms with E-state index in [9.17, 15) is 13.6 Å². The molecule has 3 rings (SSSR count). The summed E-state index contributed by atoms with van der Waals surface area (Å²) in [5, 5.41) is 3.05. The predicted molar refractivity (Wildman–Crippen MR) is 99.1 cm³/mol. The van der Waals surface area contributed by atoms with Gasteiger partial charge in [0.25, 0.3) is 5.91 Å². The van der Waals surface area contributed by atoms with Crippen molar-refractivity contribution in [2.75, 3.05) is 19.0 Å². The van der Waals surface area contributed by atoms with Crippen LogP contribution >= 0.6 is 0 Å². The van der Waals surface area contributed by atoms with Crippen LogP contribution in [0, 0.1) is 11.6 Å². The highest BCUT2D eigenvalue weighted by atomic mass is 19.1. The minimum atomic E-state index is -0.654. The molecule has 0 unspecified atom stereocenters. The van der Waals surface area contributed by atoms with Crippen molar-refractivity contribution in [2.45, 2.75) is 37.8 Å². The van der Waals surface area contributed by atoms with Gasteiger partial charge in [-0.25, -0.2) is 13.8 Å². The number of amides is 1. The van der Waals surface area contributed by atoms with E-state index in [4.69, 9.17) is 4.74 Å². The Morgan fingerprint density at radius 3 is 2.44 bits per heavy atom. The molecule has 0 bridgehead atoms. The number of benzene rings is 1. The summed E-state index contributed by atoms with van der Waals surface area (Å²) in [6.45, 7) is 0. The highest BCUT2D eigenvalue weighted by Gasteiger charge is 2.25. The SMILES string of the molecule is CN(C)c1ncccc1C(=O)NC1CCC(Oc2cc(F)cc(F)c2)CC1. The van der Waals surface area contributed by atoms with Crippen LogP contribution in [0.3, 0.4) is 0 Å². The lowest BCUT2D eigenvalue weighted by molar-refractivity contribution is 0.0893. The highest BCUT2D eigenvalue weighted by molar-refractivity contribution is 5.99. The number of anilines is 1. The lowest BCUT2D eigenvalue weighted by Gasteiger charge is -2.30. The maximum atomic E-state index is 13.3. The maximum Gasteiger partial charge on any atom is 0.255 e. The third kappa shape index (κ3) is 4.93. The molecule has 1 aromatic heterocycles. The molecule has 0 radical (unpaired) electrons. The third-order valence-electron chi connectivity index (χ3n) is 4.60. The molecule has 1 saturated carbocycles. The van der Waals surface area contributed by atoms with E-state index in [-0.39, 0.29) is 23.8 Å². The van der Waals surface area contributed by atoms with E-state index in [0.29, 0.717) is 24.2 Å². The molecule has 0 aliphatic heterocycles. The fourth-order valence-electron chi connectivity index (χ4n) is 3.31. The predicted octanol–water partition coefficient (Wildman–Crippen LogP) is 3.55. The minimum absolute atomic E-state index is 0.0387. The zero-order valence-electron chi connectivity index (χ0n) is 15.4. The van der Waals surface area contributed by atoms with Crippen molar-refractivity contribution in [3.63, 3.8) is 0 Å². The molecule has 2 aromatic rings. The number of nitrogens with zero attached hydrogens (tertiary/aromatic N) is 2. The van der Waals surface area contributed by atoms with Crippen LogP contribution in [0.1, 0.15) is 36.0 Å². The van der Waals surface area contributed by atoms with Crippen LogP contribution in [0.4, 0.5) is 14.6 Å². The number of aromatic nitrogens is 1. The Morgan fingerprint density at radius 2 is 1.81 bits per heavy atom. The Hall–Kier alpha value is -2.70. The summed E-state index contributed by atoms with van der Waals surface area (Å²) in [6.07, 6.45) is 4.43. The van der Waals surface area contributed by atoms with E-state index in [1.165, 1.54) is 12.1 Å². The van der Waals surface area contributed by atoms with Crippen molar-refractivity contribution in [1.82, 2.24) is 10.3 Å². The van der Waals surface area contributed by atoms with Crippen molar-refractivity contribution in [2.24, 2.45) is 0 Å². The van der Waals surface area contributed by atoms with E-state index in [2.05, 4.69) is 10.3 Å². The molecule has 0 atom stereocenters. The van der Waals surface area contributed by atoms with Crippen molar-refractivity contribution in [1.29, 1.82) is 0 Å². The number of hydrogen-bond donors (Lipinski definition) is 1. The van der Waals surface area contributed by atoms with Crippen LogP contribution in [-0.2, 0) is 0 Å². The second-order valence-electron chi connectivity index (χ2n) is 6.94. The zero-order chi connectivity index (χ0) is 19.4. The zero-order valence-corrected chi connectivity index (χ0v) is 15.4. The van der Waals surface area contributed by atoms with Gasteiger partial charge in [-0.15, -0.1) is 0 Å². The number of nitrogens with one attached hydrogen (secondary N) is 1. The van der Waals surface area contributed by atoms with Crippen LogP contribution < -0.4 is 15.0 Å². The summed E-state index contributed by atoms with van der Waals surface area (Å²) in [5.41, 5.74) is 0.538. The molecule has 1 N–H and O–H groups in total. The fourth-order valence-corrected chi connectivity index (χ4v) is 3.31. The van der Waals surface area contributed by atoms with Crippen molar-refractivity contribution in [3.8, 4) is 5.75 Å². The van der Waals surface area contributed by atoms with Crippen LogP contribution in [0.25, 0.3) is 0 Å². The molecule has 0 spiro atoms. The number of carbonyl (C=O) groups is 1. The average molecular weight is 375 g/mol. The Morgan fingerprint density at radius 1 is 1.15 bits per heavy atom. The monoisotopic (exact) mass is 375 g/mol. The first-order valence-electron chi connectivity index (χ1n) is 8.98. The fraction of sp³-hybridized carbons (Fsp3) is 0.400. The van der Waals surface area contributed by atoms with Gasteiger partial charge in [0.05, 0.1) is 11.7 Å². The third-order valence-corrected chi connectivity index (χ3v) is 4.60. The smallest absolute Gasteiger partial charge is 0.255 e. The summed E-state index contributed by atoms with van der Waals surface area (Å²) in [5.74, 6) is -0.632. The molecule has 1 heterocycles. The number of hydrogen-bond acceptors (Lipinski definition) is 4. The quantitative estimate of drug-likeness (QED) is 0.868. The standard InChI is InChI=1S/C20H23F2N3O2/c1-25(2)19-18(4-3-9-23-19)20(26)24-15-5-7-16(8-6-15)27-17-11-13(21)10-14(22)12-17/h3-4,9-12,15-16H,5-8H2,1-2H3,(H,24,26). The van der Waals surface area contributed by atoms with Gasteiger partial charge >= 0.3 is 0 Å². The Labute approximate surface area is 157 Å². The van der Waals surface area contributed by atoms with Gasteiger partial charge < -0.3 is 15.0 Å². The molecule has 0 saturated heterocycles. The summed E-state index contributed by atoms with van der Waals surface area (Å²) >= 11 is 0. The van der Waals surface area contributed by atoms with E-state index in [0.717, 1.165) is 18.9 Å². The first-order valence-corrected chi connectivity index (χ1v) is 8.98. The average Bonchev–Trinajstić information content (AvgIpc) is 2.62. The highest BCUT2D eigenvalue weighted by Crippen LogP contribution is 2.25. The number of ether oxygens (including phenoxy) is 1. The van der Waals surface area contributed by atoms with Crippen molar-refractivity contribution >= 4 is 11.7 Å². The van der Waals surface area contributed by atoms with E-state index < -0.39 is 11.6 Å². The largest absolute Gasteiger partial charge is 0.490 e. The number of rotatable bonds is 5. The van der Waals surface area contributed by atoms with Crippen LogP contribution in [0.15, 0.2) is 36.5 Å². The summed E-state index contributed by atoms with van der Waals surface area (Å²) in [4.78, 5) is 18.6. The van der Waals surface area contributed by atoms with Gasteiger partial charge in [0, 0.05) is 44.5 Å². The second-order valence-corrected chi connectivity index (χ2v) is 6.94. The van der Waals surface area contributed by atoms with Gasteiger partial charge in [0.2, 0.25) is 0 Å². The van der Waals surface area contributed by atoms with Gasteiger partial charge in [-0.1, -0.05) is 0 Å². The molecule has 1 aliphatic carbocycles. The summed E-state index contributed by atoms with van der Waals surface area (Å²) in [7, 11) is 3.69. The molecule has 144 valence electrons. The molecule has 27 heavy (non-hydrogen) atoms. The lowest BCUT2D eigenvalue weighted by Crippen LogP contribution is -2.40. The van der Waals surface area contributed by atoms with Crippen LogP contribution in [0.2, 0.25) is 0 Å². The topological polar surface area (TPSA) is 54.5 Å². The van der Waals surface area contributed by atoms with Crippen LogP contribution in [0.5, 0.6) is 5.75 Å². The van der Waals surface area contributed by atoms with Gasteiger partial charge in [-0.2, -0.15) is 0 Å². The van der Waals surface area contributed by atoms with E-state index in [1.807, 2.05) is 14.1 Å².